The van der Waals surface area contributed by atoms with Gasteiger partial charge in [-0.25, -0.2) is 9.78 Å². The molecular formula is C31H33B4N5O4S. The number of thiophene rings is 1. The van der Waals surface area contributed by atoms with Crippen LogP contribution in [0.25, 0.3) is 10.2 Å². The molecule has 14 heteroatoms. The van der Waals surface area contributed by atoms with Crippen LogP contribution in [0.2, 0.25) is 0 Å². The van der Waals surface area contributed by atoms with E-state index in [1.165, 1.54) is 11.3 Å². The molecule has 0 radical (unpaired) electrons. The van der Waals surface area contributed by atoms with E-state index >= 15 is 0 Å². The van der Waals surface area contributed by atoms with Gasteiger partial charge in [-0.2, -0.15) is 0 Å². The maximum absolute atomic E-state index is 13.7. The van der Waals surface area contributed by atoms with Crippen molar-refractivity contribution in [3.05, 3.63) is 65.8 Å². The number of nitrogens with zero attached hydrogens (tertiary/aromatic N) is 3. The van der Waals surface area contributed by atoms with Gasteiger partial charge in [0.15, 0.2) is 11.5 Å². The van der Waals surface area contributed by atoms with Crippen molar-refractivity contribution < 1.29 is 19.4 Å². The molecule has 1 saturated heterocycles. The molecule has 1 fully saturated rings. The van der Waals surface area contributed by atoms with Crippen molar-refractivity contribution in [2.45, 2.75) is 25.8 Å². The Balaban J connectivity index is 1.30. The number of piperidine rings is 1. The number of phenolic OH excluding ortho intramolecular Hbond substituents is 1. The number of hydrogen-bond acceptors (Lipinski definition) is 7. The number of carbonyl (C=O) groups excluding carboxylic acids is 2. The second-order valence-electron chi connectivity index (χ2n) is 11.8. The molecule has 2 aromatic heterocycles. The van der Waals surface area contributed by atoms with E-state index in [9.17, 15) is 14.7 Å². The molecule has 0 aliphatic carbocycles. The van der Waals surface area contributed by atoms with Crippen LogP contribution in [0.3, 0.4) is 0 Å². The Hall–Kier alpha value is -4.57. The number of phenols is 1. The van der Waals surface area contributed by atoms with Crippen LogP contribution in [0.1, 0.15) is 28.1 Å². The minimum Gasteiger partial charge on any atom is -0.505 e. The number of carbonyl (C=O) groups is 2. The molecule has 6 rings (SSSR count). The van der Waals surface area contributed by atoms with Crippen LogP contribution in [0.4, 0.5) is 21.9 Å². The fourth-order valence-electron chi connectivity index (χ4n) is 6.16. The summed E-state index contributed by atoms with van der Waals surface area (Å²) in [4.78, 5) is 36.6. The smallest absolute Gasteiger partial charge is 0.331 e. The number of allylic oxidation sites excluding steroid dienone is 1. The van der Waals surface area contributed by atoms with E-state index in [2.05, 4.69) is 33.7 Å². The number of rotatable bonds is 7. The molecule has 0 spiro atoms. The third-order valence-corrected chi connectivity index (χ3v) is 10.2. The summed E-state index contributed by atoms with van der Waals surface area (Å²) in [5, 5.41) is 17.7. The number of urea groups is 1. The number of nitrogens with one attached hydrogen (secondary N) is 2. The van der Waals surface area contributed by atoms with Crippen LogP contribution in [0.5, 0.6) is 17.2 Å². The summed E-state index contributed by atoms with van der Waals surface area (Å²) in [6.45, 7) is 11.3. The fourth-order valence-corrected chi connectivity index (χ4v) is 7.19. The number of ether oxygens (including phenoxy) is 1. The maximum Gasteiger partial charge on any atom is 0.331 e. The predicted molar refractivity (Wildman–Crippen MR) is 194 cm³/mol. The van der Waals surface area contributed by atoms with Crippen molar-refractivity contribution in [1.82, 2.24) is 15.2 Å². The Morgan fingerprint density at radius 1 is 1.18 bits per heavy atom. The molecule has 9 nitrogen and oxygen atoms in total. The first-order valence-electron chi connectivity index (χ1n) is 15.0. The zero-order valence-corrected chi connectivity index (χ0v) is 27.0. The van der Waals surface area contributed by atoms with Crippen LogP contribution in [0, 0.1) is 6.92 Å². The van der Waals surface area contributed by atoms with Crippen molar-refractivity contribution in [2.24, 2.45) is 0 Å². The van der Waals surface area contributed by atoms with Gasteiger partial charge in [0.1, 0.15) is 46.8 Å². The number of hydrogen-bond donors (Lipinski definition) is 3. The number of amides is 3. The summed E-state index contributed by atoms with van der Waals surface area (Å²) >= 11 is 1.27. The molecule has 1 atom stereocenters. The van der Waals surface area contributed by atoms with Gasteiger partial charge in [0, 0.05) is 31.0 Å². The summed E-state index contributed by atoms with van der Waals surface area (Å²) in [5.41, 5.74) is 7.19. The summed E-state index contributed by atoms with van der Waals surface area (Å²) in [5.74, 6) is 0.860. The normalized spacial score (nSPS) is 15.9. The quantitative estimate of drug-likeness (QED) is 0.195. The minimum absolute atomic E-state index is 0.0506. The molecule has 2 aliphatic heterocycles. The third-order valence-electron chi connectivity index (χ3n) is 9.08. The zero-order valence-electron chi connectivity index (χ0n) is 26.2. The Morgan fingerprint density at radius 2 is 1.93 bits per heavy atom. The lowest BCUT2D eigenvalue weighted by Crippen LogP contribution is -2.47. The lowest BCUT2D eigenvalue weighted by Gasteiger charge is -2.35. The monoisotopic (exact) mass is 615 g/mol. The Bertz CT molecular complexity index is 1900. The Labute approximate surface area is 270 Å². The van der Waals surface area contributed by atoms with Crippen molar-refractivity contribution >= 4 is 104 Å². The summed E-state index contributed by atoms with van der Waals surface area (Å²) < 4.78 is 6.20. The average molecular weight is 615 g/mol. The standard InChI is InChI=1S/C31H33B4N5O4S/c1-4-15(3)39-11-5-6-16(13-39)37-29(42)28-25-20-19(9-10-36-30(20)45-28)40(31(43)38-25)18-8-7-17(12-14(18)2)44-27-24(35)22(33)21(32)23(34)26(27)41/h4,7-10,12,16,41H,1,3,5-6,11,13,32-35H2,2H3,(H,37,42)(H,38,43)/t16-/m1/s1. The molecule has 0 saturated carbocycles. The molecule has 0 unspecified atom stereocenters. The average Bonchev–Trinajstić information content (AvgIpc) is 3.41. The van der Waals surface area contributed by atoms with Crippen molar-refractivity contribution in [2.75, 3.05) is 23.3 Å². The molecule has 2 aliphatic rings. The van der Waals surface area contributed by atoms with E-state index in [-0.39, 0.29) is 23.7 Å². The van der Waals surface area contributed by atoms with Crippen LogP contribution in [-0.4, -0.2) is 77.4 Å². The van der Waals surface area contributed by atoms with Gasteiger partial charge in [-0.1, -0.05) is 35.0 Å². The number of aromatic nitrogens is 1. The lowest BCUT2D eigenvalue weighted by molar-refractivity contribution is 0.0920. The lowest BCUT2D eigenvalue weighted by atomic mass is 9.66. The van der Waals surface area contributed by atoms with E-state index in [0.717, 1.165) is 57.9 Å². The highest BCUT2D eigenvalue weighted by molar-refractivity contribution is 7.21. The zero-order chi connectivity index (χ0) is 32.2. The van der Waals surface area contributed by atoms with Gasteiger partial charge in [-0.15, -0.1) is 11.3 Å². The SMILES string of the molecule is Bc1c(B)c(B)c(Oc2ccc(N3C(=O)Nc4c(C(=O)N[C@@H]5CCCN(C(=C)C=C)C5)sc5nccc3c45)c(C)c2)c(O)c1B. The number of pyridine rings is 1. The maximum atomic E-state index is 13.7. The van der Waals surface area contributed by atoms with E-state index in [1.54, 1.807) is 29.3 Å². The van der Waals surface area contributed by atoms with Crippen molar-refractivity contribution in [1.29, 1.82) is 0 Å². The van der Waals surface area contributed by atoms with Crippen LogP contribution in [0.15, 0.2) is 55.4 Å². The number of benzene rings is 2. The van der Waals surface area contributed by atoms with Gasteiger partial charge in [0.25, 0.3) is 5.91 Å². The first-order chi connectivity index (χ1) is 21.5. The molecule has 0 bridgehead atoms. The molecule has 3 amide bonds. The van der Waals surface area contributed by atoms with Gasteiger partial charge in [0.2, 0.25) is 0 Å². The first-order valence-corrected chi connectivity index (χ1v) is 15.8. The Kier molecular flexibility index (Phi) is 7.95. The molecule has 45 heavy (non-hydrogen) atoms. The van der Waals surface area contributed by atoms with Gasteiger partial charge in [-0.3, -0.25) is 9.69 Å². The highest BCUT2D eigenvalue weighted by Crippen LogP contribution is 2.46. The van der Waals surface area contributed by atoms with Crippen molar-refractivity contribution in [3.63, 3.8) is 0 Å². The number of aryl methyl sites for hydroxylation is 1. The van der Waals surface area contributed by atoms with E-state index in [0.29, 0.717) is 44.8 Å². The van der Waals surface area contributed by atoms with E-state index < -0.39 is 0 Å². The number of aromatic hydroxyl groups is 1. The Morgan fingerprint density at radius 3 is 2.67 bits per heavy atom. The predicted octanol–water partition coefficient (Wildman–Crippen LogP) is -0.286. The molecule has 2 aromatic carbocycles. The summed E-state index contributed by atoms with van der Waals surface area (Å²) in [6.07, 6.45) is 5.18. The third kappa shape index (κ3) is 5.27. The summed E-state index contributed by atoms with van der Waals surface area (Å²) in [7, 11) is 7.81. The van der Waals surface area contributed by atoms with Crippen LogP contribution < -0.4 is 42.1 Å². The van der Waals surface area contributed by atoms with Gasteiger partial charge in [0.05, 0.1) is 22.4 Å². The van der Waals surface area contributed by atoms with Gasteiger partial charge in [-0.05, 0) is 55.7 Å². The fraction of sp³-hybridized carbons (Fsp3) is 0.194. The topological polar surface area (TPSA) is 107 Å². The first kappa shape index (κ1) is 30.5. The number of likely N-dealkylation sites (tertiary alicyclic amines) is 1. The molecule has 3 N–H and O–H groups in total. The van der Waals surface area contributed by atoms with Crippen LogP contribution >= 0.6 is 11.3 Å². The molecule has 224 valence electrons. The highest BCUT2D eigenvalue weighted by Gasteiger charge is 2.34. The van der Waals surface area contributed by atoms with E-state index in [4.69, 9.17) is 4.74 Å². The second-order valence-corrected chi connectivity index (χ2v) is 12.8. The molecule has 4 aromatic rings. The number of anilines is 3. The van der Waals surface area contributed by atoms with Gasteiger partial charge < -0.3 is 25.4 Å². The van der Waals surface area contributed by atoms with Gasteiger partial charge >= 0.3 is 6.03 Å². The largest absolute Gasteiger partial charge is 0.505 e. The molecular weight excluding hydrogens is 582 g/mol. The van der Waals surface area contributed by atoms with Crippen molar-refractivity contribution in [3.8, 4) is 17.2 Å². The highest BCUT2D eigenvalue weighted by atomic mass is 32.1. The van der Waals surface area contributed by atoms with E-state index in [1.807, 2.05) is 50.4 Å². The second kappa shape index (κ2) is 11.7. The summed E-state index contributed by atoms with van der Waals surface area (Å²) in [6, 6.07) is 6.83. The molecule has 4 heterocycles. The van der Waals surface area contributed by atoms with Crippen LogP contribution in [-0.2, 0) is 0 Å². The minimum atomic E-state index is -0.372.